The second kappa shape index (κ2) is 15.7. The predicted octanol–water partition coefficient (Wildman–Crippen LogP) is 4.78. The zero-order chi connectivity index (χ0) is 17.3. The van der Waals surface area contributed by atoms with Crippen LogP contribution in [0.1, 0.15) is 96.8 Å². The Morgan fingerprint density at radius 1 is 0.652 bits per heavy atom. The summed E-state index contributed by atoms with van der Waals surface area (Å²) in [6.07, 6.45) is 12.0. The molecule has 4 nitrogen and oxygen atoms in total. The second-order valence-electron chi connectivity index (χ2n) is 6.26. The van der Waals surface area contributed by atoms with Gasteiger partial charge in [0.15, 0.2) is 0 Å². The molecule has 0 bridgehead atoms. The first-order valence-corrected chi connectivity index (χ1v) is 9.20. The maximum Gasteiger partial charge on any atom is 0.305 e. The van der Waals surface area contributed by atoms with E-state index in [-0.39, 0.29) is 24.0 Å². The van der Waals surface area contributed by atoms with Gasteiger partial charge in [-0.15, -0.1) is 0 Å². The van der Waals surface area contributed by atoms with Crippen LogP contribution >= 0.6 is 0 Å². The Labute approximate surface area is 141 Å². The van der Waals surface area contributed by atoms with E-state index in [4.69, 9.17) is 0 Å². The molecule has 0 aliphatic heterocycles. The van der Waals surface area contributed by atoms with Crippen molar-refractivity contribution in [1.82, 2.24) is 0 Å². The zero-order valence-corrected chi connectivity index (χ0v) is 15.0. The molecular formula is C19H34O4. The molecule has 0 radical (unpaired) electrons. The summed E-state index contributed by atoms with van der Waals surface area (Å²) in [6, 6.07) is 0. The van der Waals surface area contributed by atoms with Crippen LogP contribution in [0.15, 0.2) is 0 Å². The molecule has 0 saturated carbocycles. The third kappa shape index (κ3) is 15.5. The van der Waals surface area contributed by atoms with Crippen LogP contribution in [0.25, 0.3) is 0 Å². The van der Waals surface area contributed by atoms with Crippen LogP contribution in [-0.2, 0) is 19.1 Å². The molecule has 0 unspecified atom stereocenters. The molecule has 0 N–H and O–H groups in total. The number of hydrogen-bond donors (Lipinski definition) is 0. The fourth-order valence-electron chi connectivity index (χ4n) is 2.55. The number of carbonyl (C=O) groups is 3. The molecule has 0 fully saturated rings. The van der Waals surface area contributed by atoms with Gasteiger partial charge in [0.25, 0.3) is 0 Å². The van der Waals surface area contributed by atoms with Crippen molar-refractivity contribution >= 4 is 17.5 Å². The number of ether oxygens (including phenoxy) is 1. The minimum Gasteiger partial charge on any atom is -0.469 e. The Morgan fingerprint density at radius 2 is 1.09 bits per heavy atom. The molecule has 0 spiro atoms. The van der Waals surface area contributed by atoms with Gasteiger partial charge in [0.05, 0.1) is 13.5 Å². The van der Waals surface area contributed by atoms with E-state index in [1.54, 1.807) is 0 Å². The maximum atomic E-state index is 11.7. The number of unbranched alkanes of at least 4 members (excludes halogenated alkanes) is 8. The fourth-order valence-corrected chi connectivity index (χ4v) is 2.55. The van der Waals surface area contributed by atoms with E-state index in [1.807, 2.05) is 0 Å². The van der Waals surface area contributed by atoms with E-state index in [1.165, 1.54) is 32.8 Å². The quantitative estimate of drug-likeness (QED) is 0.233. The molecule has 0 aromatic heterocycles. The summed E-state index contributed by atoms with van der Waals surface area (Å²) in [5.41, 5.74) is 0. The third-order valence-corrected chi connectivity index (χ3v) is 4.02. The van der Waals surface area contributed by atoms with E-state index >= 15 is 0 Å². The van der Waals surface area contributed by atoms with E-state index in [9.17, 15) is 14.4 Å². The fraction of sp³-hybridized carbons (Fsp3) is 0.842. The highest BCUT2D eigenvalue weighted by molar-refractivity contribution is 5.98. The zero-order valence-electron chi connectivity index (χ0n) is 15.0. The molecule has 0 atom stereocenters. The van der Waals surface area contributed by atoms with Gasteiger partial charge in [-0.3, -0.25) is 14.4 Å². The number of esters is 1. The van der Waals surface area contributed by atoms with E-state index in [2.05, 4.69) is 11.7 Å². The number of rotatable bonds is 16. The molecule has 0 saturated heterocycles. The summed E-state index contributed by atoms with van der Waals surface area (Å²) in [6.45, 7) is 2.19. The summed E-state index contributed by atoms with van der Waals surface area (Å²) in [4.78, 5) is 34.4. The molecule has 0 aliphatic rings. The SMILES string of the molecule is CCCCCCCCC(=O)CC(=O)CCCCCCC(=O)OC. The minimum atomic E-state index is -0.179. The van der Waals surface area contributed by atoms with Gasteiger partial charge >= 0.3 is 5.97 Å². The van der Waals surface area contributed by atoms with Crippen LogP contribution in [0.3, 0.4) is 0 Å². The van der Waals surface area contributed by atoms with Gasteiger partial charge < -0.3 is 4.74 Å². The number of ketones is 2. The van der Waals surface area contributed by atoms with Crippen LogP contribution in [0.5, 0.6) is 0 Å². The van der Waals surface area contributed by atoms with Crippen molar-refractivity contribution in [1.29, 1.82) is 0 Å². The van der Waals surface area contributed by atoms with Gasteiger partial charge in [-0.2, -0.15) is 0 Å². The van der Waals surface area contributed by atoms with Crippen molar-refractivity contribution in [3.8, 4) is 0 Å². The Bertz CT molecular complexity index is 336. The maximum absolute atomic E-state index is 11.7. The lowest BCUT2D eigenvalue weighted by Crippen LogP contribution is -2.07. The highest BCUT2D eigenvalue weighted by Crippen LogP contribution is 2.10. The number of methoxy groups -OCH3 is 1. The van der Waals surface area contributed by atoms with Crippen LogP contribution in [0.4, 0.5) is 0 Å². The van der Waals surface area contributed by atoms with Crippen molar-refractivity contribution < 1.29 is 19.1 Å². The first-order valence-electron chi connectivity index (χ1n) is 9.20. The summed E-state index contributed by atoms with van der Waals surface area (Å²) in [5, 5.41) is 0. The largest absolute Gasteiger partial charge is 0.469 e. The highest BCUT2D eigenvalue weighted by Gasteiger charge is 2.09. The van der Waals surface area contributed by atoms with Gasteiger partial charge in [0.1, 0.15) is 11.6 Å². The van der Waals surface area contributed by atoms with Gasteiger partial charge in [0.2, 0.25) is 0 Å². The lowest BCUT2D eigenvalue weighted by atomic mass is 10.0. The molecule has 0 aliphatic carbocycles. The average molecular weight is 326 g/mol. The van der Waals surface area contributed by atoms with Crippen LogP contribution in [0, 0.1) is 0 Å². The van der Waals surface area contributed by atoms with E-state index in [0.29, 0.717) is 19.3 Å². The summed E-state index contributed by atoms with van der Waals surface area (Å²) in [7, 11) is 1.39. The second-order valence-corrected chi connectivity index (χ2v) is 6.26. The number of hydrogen-bond acceptors (Lipinski definition) is 4. The normalized spacial score (nSPS) is 10.5. The van der Waals surface area contributed by atoms with Crippen LogP contribution in [-0.4, -0.2) is 24.6 Å². The average Bonchev–Trinajstić information content (AvgIpc) is 2.53. The van der Waals surface area contributed by atoms with E-state index in [0.717, 1.165) is 38.5 Å². The molecule has 0 amide bonds. The minimum absolute atomic E-state index is 0.0638. The first-order chi connectivity index (χ1) is 11.1. The van der Waals surface area contributed by atoms with Gasteiger partial charge in [-0.25, -0.2) is 0 Å². The lowest BCUT2D eigenvalue weighted by Gasteiger charge is -2.03. The van der Waals surface area contributed by atoms with Crippen molar-refractivity contribution in [2.24, 2.45) is 0 Å². The van der Waals surface area contributed by atoms with Crippen LogP contribution < -0.4 is 0 Å². The molecule has 0 aromatic carbocycles. The van der Waals surface area contributed by atoms with Crippen molar-refractivity contribution in [3.05, 3.63) is 0 Å². The Kier molecular flexibility index (Phi) is 14.9. The van der Waals surface area contributed by atoms with E-state index < -0.39 is 0 Å². The first kappa shape index (κ1) is 21.8. The van der Waals surface area contributed by atoms with Crippen molar-refractivity contribution in [2.75, 3.05) is 7.11 Å². The van der Waals surface area contributed by atoms with Crippen LogP contribution in [0.2, 0.25) is 0 Å². The van der Waals surface area contributed by atoms with Gasteiger partial charge in [0, 0.05) is 19.3 Å². The summed E-state index contributed by atoms with van der Waals surface area (Å²) in [5.74, 6) is -0.0218. The lowest BCUT2D eigenvalue weighted by molar-refractivity contribution is -0.140. The summed E-state index contributed by atoms with van der Waals surface area (Å²) < 4.78 is 4.57. The summed E-state index contributed by atoms with van der Waals surface area (Å²) >= 11 is 0. The Morgan fingerprint density at radius 3 is 1.57 bits per heavy atom. The third-order valence-electron chi connectivity index (χ3n) is 4.02. The molecule has 23 heavy (non-hydrogen) atoms. The highest BCUT2D eigenvalue weighted by atomic mass is 16.5. The topological polar surface area (TPSA) is 60.4 Å². The number of Topliss-reactive ketones (excluding diaryl/α,β-unsaturated/α-hetero) is 2. The molecule has 0 heterocycles. The van der Waals surface area contributed by atoms with Crippen molar-refractivity contribution in [2.45, 2.75) is 96.8 Å². The molecule has 4 heteroatoms. The smallest absolute Gasteiger partial charge is 0.305 e. The Balaban J connectivity index is 3.44. The standard InChI is InChI=1S/C19H34O4/c1-3-4-5-6-7-10-13-17(20)16-18(21)14-11-8-9-12-15-19(22)23-2/h3-16H2,1-2H3. The van der Waals surface area contributed by atoms with Gasteiger partial charge in [-0.1, -0.05) is 51.9 Å². The van der Waals surface area contributed by atoms with Crippen molar-refractivity contribution in [3.63, 3.8) is 0 Å². The molecule has 0 aromatic rings. The number of carbonyl (C=O) groups excluding carboxylic acids is 3. The van der Waals surface area contributed by atoms with Gasteiger partial charge in [-0.05, 0) is 19.3 Å². The Hall–Kier alpha value is -1.19. The molecule has 0 rings (SSSR count). The monoisotopic (exact) mass is 326 g/mol. The molecular weight excluding hydrogens is 292 g/mol. The predicted molar refractivity (Wildman–Crippen MR) is 92.3 cm³/mol. The molecule has 134 valence electrons.